The zero-order valence-corrected chi connectivity index (χ0v) is 14.8. The third-order valence-corrected chi connectivity index (χ3v) is 3.91. The van der Waals surface area contributed by atoms with Crippen molar-refractivity contribution in [2.75, 3.05) is 38.4 Å². The highest BCUT2D eigenvalue weighted by Gasteiger charge is 2.23. The fraction of sp³-hybridized carbons (Fsp3) is 0.412. The molecule has 1 aromatic rings. The molecule has 3 rings (SSSR count). The number of hydrogen-bond donors (Lipinski definition) is 2. The van der Waals surface area contributed by atoms with Gasteiger partial charge in [0.05, 0.1) is 19.6 Å². The van der Waals surface area contributed by atoms with E-state index in [1.807, 2.05) is 0 Å². The van der Waals surface area contributed by atoms with Gasteiger partial charge in [-0.3, -0.25) is 14.4 Å². The van der Waals surface area contributed by atoms with Crippen molar-refractivity contribution in [3.05, 3.63) is 18.2 Å². The fourth-order valence-electron chi connectivity index (χ4n) is 2.56. The van der Waals surface area contributed by atoms with E-state index in [0.29, 0.717) is 49.2 Å². The van der Waals surface area contributed by atoms with E-state index in [0.717, 1.165) is 0 Å². The van der Waals surface area contributed by atoms with Crippen LogP contribution in [0.1, 0.15) is 13.3 Å². The van der Waals surface area contributed by atoms with Gasteiger partial charge in [0.2, 0.25) is 12.7 Å². The Morgan fingerprint density at radius 2 is 1.89 bits per heavy atom. The van der Waals surface area contributed by atoms with E-state index in [4.69, 9.17) is 14.2 Å². The van der Waals surface area contributed by atoms with E-state index in [1.165, 1.54) is 4.90 Å². The van der Waals surface area contributed by atoms with Gasteiger partial charge in [-0.15, -0.1) is 0 Å². The molecule has 1 aromatic carbocycles. The number of fused-ring (bicyclic) bond motifs is 1. The minimum Gasteiger partial charge on any atom is -0.454 e. The van der Waals surface area contributed by atoms with E-state index >= 15 is 0 Å². The minimum absolute atomic E-state index is 0.0412. The number of ether oxygens (including phenoxy) is 3. The maximum Gasteiger partial charge on any atom is 0.329 e. The Balaban J connectivity index is 1.47. The number of amides is 3. The molecule has 0 unspecified atom stereocenters. The number of carbonyl (C=O) groups excluding carboxylic acids is 3. The summed E-state index contributed by atoms with van der Waals surface area (Å²) in [6, 6.07) is 5.06. The Morgan fingerprint density at radius 3 is 2.67 bits per heavy atom. The minimum atomic E-state index is -0.840. The van der Waals surface area contributed by atoms with Crippen LogP contribution in [0.5, 0.6) is 11.5 Å². The number of nitrogens with zero attached hydrogens (tertiary/aromatic N) is 2. The van der Waals surface area contributed by atoms with E-state index in [1.54, 1.807) is 25.1 Å². The average Bonchev–Trinajstić information content (AvgIpc) is 3.14. The van der Waals surface area contributed by atoms with Crippen LogP contribution < -0.4 is 20.2 Å². The van der Waals surface area contributed by atoms with E-state index in [-0.39, 0.29) is 19.1 Å². The SMILES string of the molecule is C/C(CC(=O)Nc1ccc2c(c1)OCO2)=N\NC(=O)C(=O)N1CCOCC1. The molecule has 10 nitrogen and oxygen atoms in total. The lowest BCUT2D eigenvalue weighted by Crippen LogP contribution is -2.47. The molecule has 2 aliphatic rings. The summed E-state index contributed by atoms with van der Waals surface area (Å²) in [6.45, 7) is 3.28. The third kappa shape index (κ3) is 4.94. The molecular weight excluding hydrogens is 356 g/mol. The van der Waals surface area contributed by atoms with Crippen molar-refractivity contribution in [3.63, 3.8) is 0 Å². The molecule has 2 aliphatic heterocycles. The molecular formula is C17H20N4O6. The van der Waals surface area contributed by atoms with Crippen molar-refractivity contribution in [3.8, 4) is 11.5 Å². The smallest absolute Gasteiger partial charge is 0.329 e. The van der Waals surface area contributed by atoms with Gasteiger partial charge in [0.25, 0.3) is 0 Å². The first-order chi connectivity index (χ1) is 13.0. The fourth-order valence-corrected chi connectivity index (χ4v) is 2.56. The lowest BCUT2D eigenvalue weighted by atomic mass is 10.2. The Bertz CT molecular complexity index is 773. The highest BCUT2D eigenvalue weighted by molar-refractivity contribution is 6.35. The molecule has 27 heavy (non-hydrogen) atoms. The lowest BCUT2D eigenvalue weighted by Gasteiger charge is -2.25. The first-order valence-electron chi connectivity index (χ1n) is 8.42. The highest BCUT2D eigenvalue weighted by atomic mass is 16.7. The van der Waals surface area contributed by atoms with Crippen LogP contribution in [-0.2, 0) is 19.1 Å². The molecule has 10 heteroatoms. The van der Waals surface area contributed by atoms with Crippen LogP contribution in [0.4, 0.5) is 5.69 Å². The van der Waals surface area contributed by atoms with Crippen LogP contribution in [0.15, 0.2) is 23.3 Å². The van der Waals surface area contributed by atoms with Gasteiger partial charge in [0.15, 0.2) is 11.5 Å². The second-order valence-corrected chi connectivity index (χ2v) is 5.99. The summed E-state index contributed by atoms with van der Waals surface area (Å²) in [5, 5.41) is 6.52. The van der Waals surface area contributed by atoms with E-state index < -0.39 is 11.8 Å². The molecule has 144 valence electrons. The van der Waals surface area contributed by atoms with Crippen molar-refractivity contribution in [2.24, 2.45) is 5.10 Å². The Hall–Kier alpha value is -3.14. The van der Waals surface area contributed by atoms with Crippen LogP contribution in [-0.4, -0.2) is 61.4 Å². The summed E-state index contributed by atoms with van der Waals surface area (Å²) in [7, 11) is 0. The van der Waals surface area contributed by atoms with Crippen LogP contribution in [0, 0.1) is 0 Å². The molecule has 0 atom stereocenters. The molecule has 1 saturated heterocycles. The van der Waals surface area contributed by atoms with Gasteiger partial charge in [-0.2, -0.15) is 5.10 Å². The first kappa shape index (κ1) is 18.6. The van der Waals surface area contributed by atoms with Crippen molar-refractivity contribution < 1.29 is 28.6 Å². The summed E-state index contributed by atoms with van der Waals surface area (Å²) < 4.78 is 15.6. The van der Waals surface area contributed by atoms with Gasteiger partial charge >= 0.3 is 11.8 Å². The highest BCUT2D eigenvalue weighted by Crippen LogP contribution is 2.34. The summed E-state index contributed by atoms with van der Waals surface area (Å²) in [4.78, 5) is 37.3. The molecule has 0 aromatic heterocycles. The normalized spacial score (nSPS) is 16.0. The maximum absolute atomic E-state index is 12.1. The van der Waals surface area contributed by atoms with Crippen LogP contribution in [0.25, 0.3) is 0 Å². The Kier molecular flexibility index (Phi) is 5.87. The zero-order valence-electron chi connectivity index (χ0n) is 14.8. The lowest BCUT2D eigenvalue weighted by molar-refractivity contribution is -0.148. The average molecular weight is 376 g/mol. The van der Waals surface area contributed by atoms with Crippen molar-refractivity contribution in [1.82, 2.24) is 10.3 Å². The third-order valence-electron chi connectivity index (χ3n) is 3.91. The monoisotopic (exact) mass is 376 g/mol. The van der Waals surface area contributed by atoms with Gasteiger partial charge in [0, 0.05) is 30.6 Å². The molecule has 2 N–H and O–H groups in total. The van der Waals surface area contributed by atoms with Crippen molar-refractivity contribution in [2.45, 2.75) is 13.3 Å². The van der Waals surface area contributed by atoms with Crippen LogP contribution in [0.2, 0.25) is 0 Å². The maximum atomic E-state index is 12.1. The second-order valence-electron chi connectivity index (χ2n) is 5.99. The topological polar surface area (TPSA) is 119 Å². The number of anilines is 1. The molecule has 0 saturated carbocycles. The predicted octanol–water partition coefficient (Wildman–Crippen LogP) is 0.0948. The summed E-state index contributed by atoms with van der Waals surface area (Å²) in [5.41, 5.74) is 3.10. The number of hydrogen-bond acceptors (Lipinski definition) is 7. The van der Waals surface area contributed by atoms with Crippen molar-refractivity contribution >= 4 is 29.1 Å². The largest absolute Gasteiger partial charge is 0.454 e. The Labute approximate surface area is 155 Å². The Morgan fingerprint density at radius 1 is 1.15 bits per heavy atom. The van der Waals surface area contributed by atoms with Crippen molar-refractivity contribution in [1.29, 1.82) is 0 Å². The van der Waals surface area contributed by atoms with Gasteiger partial charge in [-0.05, 0) is 19.1 Å². The molecule has 3 amide bonds. The second kappa shape index (κ2) is 8.49. The number of nitrogens with one attached hydrogen (secondary N) is 2. The molecule has 1 fully saturated rings. The number of benzene rings is 1. The van der Waals surface area contributed by atoms with E-state index in [9.17, 15) is 14.4 Å². The summed E-state index contributed by atoms with van der Waals surface area (Å²) in [5.74, 6) is -0.638. The number of hydrazone groups is 1. The molecule has 0 bridgehead atoms. The van der Waals surface area contributed by atoms with E-state index in [2.05, 4.69) is 15.8 Å². The molecule has 2 heterocycles. The number of morpholine rings is 1. The quantitative estimate of drug-likeness (QED) is 0.437. The zero-order chi connectivity index (χ0) is 19.2. The predicted molar refractivity (Wildman–Crippen MR) is 94.5 cm³/mol. The first-order valence-corrected chi connectivity index (χ1v) is 8.42. The summed E-state index contributed by atoms with van der Waals surface area (Å²) >= 11 is 0. The van der Waals surface area contributed by atoms with Crippen LogP contribution in [0.3, 0.4) is 0 Å². The van der Waals surface area contributed by atoms with Crippen LogP contribution >= 0.6 is 0 Å². The molecule has 0 spiro atoms. The van der Waals surface area contributed by atoms with Gasteiger partial charge in [-0.1, -0.05) is 0 Å². The number of rotatable bonds is 4. The summed E-state index contributed by atoms with van der Waals surface area (Å²) in [6.07, 6.45) is -0.0412. The standard InChI is InChI=1S/C17H20N4O6/c1-11(19-20-16(23)17(24)21-4-6-25-7-5-21)8-15(22)18-12-2-3-13-14(9-12)27-10-26-13/h2-3,9H,4-8,10H2,1H3,(H,18,22)(H,20,23)/b19-11+. The van der Waals surface area contributed by atoms with Gasteiger partial charge in [0.1, 0.15) is 0 Å². The molecule has 0 aliphatic carbocycles. The molecule has 0 radical (unpaired) electrons. The van der Waals surface area contributed by atoms with Gasteiger partial charge < -0.3 is 24.4 Å². The van der Waals surface area contributed by atoms with Gasteiger partial charge in [-0.25, -0.2) is 5.43 Å². The number of carbonyl (C=O) groups is 3.